The third kappa shape index (κ3) is 4.50. The van der Waals surface area contributed by atoms with Crippen LogP contribution >= 0.6 is 0 Å². The SMILES string of the molecule is CCCNCC(C)S(=O)(=O)N1CCCOC(C)C1. The Balaban J connectivity index is 2.59. The van der Waals surface area contributed by atoms with Crippen LogP contribution in [0.5, 0.6) is 0 Å². The fraction of sp³-hybridized carbons (Fsp3) is 1.00. The largest absolute Gasteiger partial charge is 0.377 e. The highest BCUT2D eigenvalue weighted by Crippen LogP contribution is 2.14. The van der Waals surface area contributed by atoms with Crippen molar-refractivity contribution in [2.45, 2.75) is 45.0 Å². The molecule has 2 atom stereocenters. The highest BCUT2D eigenvalue weighted by atomic mass is 32.2. The van der Waals surface area contributed by atoms with Crippen molar-refractivity contribution in [2.24, 2.45) is 0 Å². The van der Waals surface area contributed by atoms with Gasteiger partial charge in [-0.15, -0.1) is 0 Å². The molecule has 0 amide bonds. The molecule has 0 saturated carbocycles. The van der Waals surface area contributed by atoms with Gasteiger partial charge in [-0.25, -0.2) is 8.42 Å². The summed E-state index contributed by atoms with van der Waals surface area (Å²) in [4.78, 5) is 0. The van der Waals surface area contributed by atoms with E-state index >= 15 is 0 Å². The van der Waals surface area contributed by atoms with Gasteiger partial charge >= 0.3 is 0 Å². The van der Waals surface area contributed by atoms with E-state index < -0.39 is 10.0 Å². The average Bonchev–Trinajstić information content (AvgIpc) is 2.54. The third-order valence-electron chi connectivity index (χ3n) is 3.14. The summed E-state index contributed by atoms with van der Waals surface area (Å²) in [5.41, 5.74) is 0. The van der Waals surface area contributed by atoms with Gasteiger partial charge in [0.2, 0.25) is 10.0 Å². The Kier molecular flexibility index (Phi) is 6.55. The number of rotatable bonds is 6. The van der Waals surface area contributed by atoms with E-state index in [2.05, 4.69) is 12.2 Å². The maximum Gasteiger partial charge on any atom is 0.218 e. The van der Waals surface area contributed by atoms with E-state index in [-0.39, 0.29) is 11.4 Å². The van der Waals surface area contributed by atoms with E-state index in [4.69, 9.17) is 4.74 Å². The summed E-state index contributed by atoms with van der Waals surface area (Å²) < 4.78 is 31.9. The third-order valence-corrected chi connectivity index (χ3v) is 5.38. The zero-order valence-electron chi connectivity index (χ0n) is 11.7. The Morgan fingerprint density at radius 2 is 2.22 bits per heavy atom. The second-order valence-corrected chi connectivity index (χ2v) is 7.30. The van der Waals surface area contributed by atoms with Crippen LogP contribution < -0.4 is 5.32 Å². The van der Waals surface area contributed by atoms with Crippen molar-refractivity contribution < 1.29 is 13.2 Å². The number of nitrogens with zero attached hydrogens (tertiary/aromatic N) is 1. The average molecular weight is 278 g/mol. The van der Waals surface area contributed by atoms with Crippen LogP contribution in [0.25, 0.3) is 0 Å². The van der Waals surface area contributed by atoms with Crippen molar-refractivity contribution in [2.75, 3.05) is 32.8 Å². The van der Waals surface area contributed by atoms with Crippen molar-refractivity contribution in [3.63, 3.8) is 0 Å². The second-order valence-electron chi connectivity index (χ2n) is 4.95. The zero-order chi connectivity index (χ0) is 13.6. The number of ether oxygens (including phenoxy) is 1. The normalized spacial score (nSPS) is 24.7. The molecule has 5 nitrogen and oxygen atoms in total. The lowest BCUT2D eigenvalue weighted by Gasteiger charge is -2.25. The molecule has 0 bridgehead atoms. The van der Waals surface area contributed by atoms with Gasteiger partial charge in [0.25, 0.3) is 0 Å². The van der Waals surface area contributed by atoms with E-state index in [1.54, 1.807) is 11.2 Å². The standard InChI is InChI=1S/C12H26N2O3S/c1-4-6-13-9-12(3)18(15,16)14-7-5-8-17-11(2)10-14/h11-13H,4-10H2,1-3H3. The van der Waals surface area contributed by atoms with Crippen LogP contribution in [0, 0.1) is 0 Å². The lowest BCUT2D eigenvalue weighted by Crippen LogP contribution is -2.44. The van der Waals surface area contributed by atoms with Crippen molar-refractivity contribution in [3.8, 4) is 0 Å². The minimum atomic E-state index is -3.21. The Labute approximate surface area is 111 Å². The molecule has 1 aliphatic rings. The molecule has 1 N–H and O–H groups in total. The molecular formula is C12H26N2O3S. The van der Waals surface area contributed by atoms with Crippen LogP contribution in [0.4, 0.5) is 0 Å². The first-order valence-corrected chi connectivity index (χ1v) is 8.30. The fourth-order valence-electron chi connectivity index (χ4n) is 2.03. The Hall–Kier alpha value is -0.170. The van der Waals surface area contributed by atoms with Crippen molar-refractivity contribution >= 4 is 10.0 Å². The number of hydrogen-bond acceptors (Lipinski definition) is 4. The van der Waals surface area contributed by atoms with Crippen LogP contribution in [0.1, 0.15) is 33.6 Å². The molecule has 0 aliphatic carbocycles. The van der Waals surface area contributed by atoms with Gasteiger partial charge in [0.05, 0.1) is 11.4 Å². The Morgan fingerprint density at radius 1 is 1.50 bits per heavy atom. The maximum absolute atomic E-state index is 12.4. The highest BCUT2D eigenvalue weighted by molar-refractivity contribution is 7.89. The molecule has 0 aromatic heterocycles. The summed E-state index contributed by atoms with van der Waals surface area (Å²) in [5.74, 6) is 0. The minimum absolute atomic E-state index is 0.0157. The lowest BCUT2D eigenvalue weighted by molar-refractivity contribution is 0.0751. The maximum atomic E-state index is 12.4. The van der Waals surface area contributed by atoms with Crippen LogP contribution in [0.2, 0.25) is 0 Å². The summed E-state index contributed by atoms with van der Waals surface area (Å²) >= 11 is 0. The molecule has 1 fully saturated rings. The van der Waals surface area contributed by atoms with Gasteiger partial charge in [-0.05, 0) is 33.2 Å². The summed E-state index contributed by atoms with van der Waals surface area (Å²) in [6.45, 7) is 8.84. The minimum Gasteiger partial charge on any atom is -0.377 e. The molecular weight excluding hydrogens is 252 g/mol. The van der Waals surface area contributed by atoms with Crippen LogP contribution in [-0.2, 0) is 14.8 Å². The van der Waals surface area contributed by atoms with Crippen molar-refractivity contribution in [1.82, 2.24) is 9.62 Å². The quantitative estimate of drug-likeness (QED) is 0.731. The van der Waals surface area contributed by atoms with E-state index in [9.17, 15) is 8.42 Å². The molecule has 1 rings (SSSR count). The Morgan fingerprint density at radius 3 is 2.89 bits per heavy atom. The van der Waals surface area contributed by atoms with Gasteiger partial charge in [0, 0.05) is 26.2 Å². The first-order chi connectivity index (χ1) is 8.48. The topological polar surface area (TPSA) is 58.6 Å². The summed E-state index contributed by atoms with van der Waals surface area (Å²) in [5, 5.41) is 2.79. The first kappa shape index (κ1) is 15.9. The van der Waals surface area contributed by atoms with Gasteiger partial charge in [-0.1, -0.05) is 6.92 Å². The number of sulfonamides is 1. The highest BCUT2D eigenvalue weighted by Gasteiger charge is 2.30. The van der Waals surface area contributed by atoms with E-state index in [0.29, 0.717) is 26.2 Å². The number of nitrogens with one attached hydrogen (secondary N) is 1. The van der Waals surface area contributed by atoms with E-state index in [0.717, 1.165) is 19.4 Å². The monoisotopic (exact) mass is 278 g/mol. The van der Waals surface area contributed by atoms with Gasteiger partial charge in [0.15, 0.2) is 0 Å². The van der Waals surface area contributed by atoms with Gasteiger partial charge in [0.1, 0.15) is 0 Å². The van der Waals surface area contributed by atoms with Gasteiger partial charge in [-0.3, -0.25) is 0 Å². The van der Waals surface area contributed by atoms with Gasteiger partial charge in [-0.2, -0.15) is 4.31 Å². The Bertz CT molecular complexity index is 332. The van der Waals surface area contributed by atoms with Crippen molar-refractivity contribution in [1.29, 1.82) is 0 Å². The summed E-state index contributed by atoms with van der Waals surface area (Å²) in [7, 11) is -3.21. The summed E-state index contributed by atoms with van der Waals surface area (Å²) in [6, 6.07) is 0. The van der Waals surface area contributed by atoms with Crippen molar-refractivity contribution in [3.05, 3.63) is 0 Å². The molecule has 6 heteroatoms. The molecule has 0 spiro atoms. The predicted octanol–water partition coefficient (Wildman–Crippen LogP) is 0.815. The second kappa shape index (κ2) is 7.43. The molecule has 1 heterocycles. The van der Waals surface area contributed by atoms with Crippen LogP contribution in [0.15, 0.2) is 0 Å². The number of hydrogen-bond donors (Lipinski definition) is 1. The van der Waals surface area contributed by atoms with Gasteiger partial charge < -0.3 is 10.1 Å². The molecule has 1 aliphatic heterocycles. The molecule has 0 radical (unpaired) electrons. The van der Waals surface area contributed by atoms with Crippen LogP contribution in [-0.4, -0.2) is 56.9 Å². The molecule has 0 aromatic rings. The first-order valence-electron chi connectivity index (χ1n) is 6.79. The lowest BCUT2D eigenvalue weighted by atomic mass is 10.4. The fourth-order valence-corrected chi connectivity index (χ4v) is 3.67. The van der Waals surface area contributed by atoms with Crippen LogP contribution in [0.3, 0.4) is 0 Å². The van der Waals surface area contributed by atoms with E-state index in [1.165, 1.54) is 0 Å². The molecule has 2 unspecified atom stereocenters. The smallest absolute Gasteiger partial charge is 0.218 e. The molecule has 1 saturated heterocycles. The zero-order valence-corrected chi connectivity index (χ0v) is 12.5. The molecule has 108 valence electrons. The molecule has 0 aromatic carbocycles. The summed E-state index contributed by atoms with van der Waals surface area (Å²) in [6.07, 6.45) is 1.78. The predicted molar refractivity (Wildman–Crippen MR) is 73.1 cm³/mol. The molecule has 18 heavy (non-hydrogen) atoms. The van der Waals surface area contributed by atoms with E-state index in [1.807, 2.05) is 6.92 Å².